The van der Waals surface area contributed by atoms with Crippen LogP contribution in [-0.2, 0) is 4.79 Å². The van der Waals surface area contributed by atoms with Crippen LogP contribution < -0.4 is 10.1 Å². The zero-order valence-electron chi connectivity index (χ0n) is 12.6. The van der Waals surface area contributed by atoms with Crippen molar-refractivity contribution in [1.29, 1.82) is 0 Å². The van der Waals surface area contributed by atoms with Gasteiger partial charge in [-0.05, 0) is 37.8 Å². The van der Waals surface area contributed by atoms with Gasteiger partial charge in [-0.25, -0.2) is 0 Å². The van der Waals surface area contributed by atoms with Crippen LogP contribution in [0, 0.1) is 5.92 Å². The fourth-order valence-electron chi connectivity index (χ4n) is 1.98. The van der Waals surface area contributed by atoms with Crippen molar-refractivity contribution in [3.63, 3.8) is 0 Å². The smallest absolute Gasteiger partial charge is 0.303 e. The number of carbonyl (C=O) groups excluding carboxylic acids is 1. The summed E-state index contributed by atoms with van der Waals surface area (Å²) < 4.78 is 5.42. The summed E-state index contributed by atoms with van der Waals surface area (Å²) in [4.78, 5) is 22.6. The molecule has 1 unspecified atom stereocenters. The van der Waals surface area contributed by atoms with Crippen LogP contribution in [0.25, 0.3) is 0 Å². The lowest BCUT2D eigenvalue weighted by molar-refractivity contribution is -0.137. The molecule has 0 bridgehead atoms. The van der Waals surface area contributed by atoms with Gasteiger partial charge < -0.3 is 15.2 Å². The van der Waals surface area contributed by atoms with Gasteiger partial charge in [0.15, 0.2) is 0 Å². The number of carboxylic acids is 1. The second-order valence-corrected chi connectivity index (χ2v) is 5.01. The average Bonchev–Trinajstić information content (AvgIpc) is 2.46. The lowest BCUT2D eigenvalue weighted by atomic mass is 10.0. The first-order chi connectivity index (χ1) is 10.0. The molecule has 116 valence electrons. The fourth-order valence-corrected chi connectivity index (χ4v) is 1.98. The van der Waals surface area contributed by atoms with E-state index < -0.39 is 5.97 Å². The molecule has 0 fully saturated rings. The van der Waals surface area contributed by atoms with Crippen molar-refractivity contribution in [2.24, 2.45) is 5.92 Å². The minimum Gasteiger partial charge on any atom is -0.493 e. The summed E-state index contributed by atoms with van der Waals surface area (Å²) in [6, 6.07) is 7.13. The van der Waals surface area contributed by atoms with Crippen molar-refractivity contribution in [2.75, 3.05) is 13.2 Å². The predicted octanol–water partition coefficient (Wildman–Crippen LogP) is 2.71. The number of aliphatic carboxylic acids is 1. The Balaban J connectivity index is 2.42. The summed E-state index contributed by atoms with van der Waals surface area (Å²) in [6.07, 6.45) is 1.55. The number of para-hydroxylation sites is 1. The maximum atomic E-state index is 12.1. The van der Waals surface area contributed by atoms with E-state index in [9.17, 15) is 9.59 Å². The van der Waals surface area contributed by atoms with Crippen molar-refractivity contribution in [3.05, 3.63) is 29.8 Å². The van der Waals surface area contributed by atoms with E-state index in [1.54, 1.807) is 18.2 Å². The van der Waals surface area contributed by atoms with Gasteiger partial charge >= 0.3 is 5.97 Å². The van der Waals surface area contributed by atoms with E-state index in [2.05, 4.69) is 5.32 Å². The van der Waals surface area contributed by atoms with Crippen LogP contribution in [0.2, 0.25) is 0 Å². The molecule has 0 aliphatic carbocycles. The summed E-state index contributed by atoms with van der Waals surface area (Å²) in [5, 5.41) is 11.5. The van der Waals surface area contributed by atoms with Crippen LogP contribution in [0.5, 0.6) is 5.75 Å². The number of carbonyl (C=O) groups is 2. The third-order valence-corrected chi connectivity index (χ3v) is 3.21. The second kappa shape index (κ2) is 9.00. The van der Waals surface area contributed by atoms with E-state index in [1.807, 2.05) is 19.9 Å². The second-order valence-electron chi connectivity index (χ2n) is 5.01. The Morgan fingerprint density at radius 3 is 2.67 bits per heavy atom. The van der Waals surface area contributed by atoms with Gasteiger partial charge in [0.25, 0.3) is 5.91 Å². The Morgan fingerprint density at radius 1 is 1.29 bits per heavy atom. The quantitative estimate of drug-likeness (QED) is 0.734. The topological polar surface area (TPSA) is 75.6 Å². The van der Waals surface area contributed by atoms with E-state index in [0.29, 0.717) is 30.9 Å². The Morgan fingerprint density at radius 2 is 2.00 bits per heavy atom. The van der Waals surface area contributed by atoms with E-state index in [0.717, 1.165) is 6.42 Å². The van der Waals surface area contributed by atoms with E-state index in [4.69, 9.17) is 9.84 Å². The van der Waals surface area contributed by atoms with Crippen LogP contribution in [0.1, 0.15) is 43.5 Å². The van der Waals surface area contributed by atoms with Gasteiger partial charge in [0.1, 0.15) is 5.75 Å². The molecule has 1 atom stereocenters. The average molecular weight is 293 g/mol. The van der Waals surface area contributed by atoms with Crippen molar-refractivity contribution >= 4 is 11.9 Å². The third-order valence-electron chi connectivity index (χ3n) is 3.21. The van der Waals surface area contributed by atoms with Crippen molar-refractivity contribution < 1.29 is 19.4 Å². The Kier molecular flexibility index (Phi) is 7.29. The number of benzene rings is 1. The minimum absolute atomic E-state index is 0.163. The third kappa shape index (κ3) is 6.29. The molecule has 0 spiro atoms. The molecule has 1 rings (SSSR count). The molecule has 0 aliphatic heterocycles. The number of ether oxygens (including phenoxy) is 1. The summed E-state index contributed by atoms with van der Waals surface area (Å²) in [5.74, 6) is -0.0963. The van der Waals surface area contributed by atoms with Crippen molar-refractivity contribution in [1.82, 2.24) is 5.32 Å². The first kappa shape index (κ1) is 17.0. The lowest BCUT2D eigenvalue weighted by Crippen LogP contribution is -2.26. The molecule has 0 radical (unpaired) electrons. The standard InChI is InChI=1S/C16H23NO4/c1-3-21-14-7-5-4-6-13(14)16(20)17-11-10-12(2)8-9-15(18)19/h4-7,12H,3,8-11H2,1-2H3,(H,17,20)(H,18,19). The molecule has 0 aliphatic rings. The predicted molar refractivity (Wildman–Crippen MR) is 80.6 cm³/mol. The highest BCUT2D eigenvalue weighted by Crippen LogP contribution is 2.17. The summed E-state index contributed by atoms with van der Waals surface area (Å²) in [7, 11) is 0. The van der Waals surface area contributed by atoms with Gasteiger partial charge in [0, 0.05) is 13.0 Å². The molecule has 2 N–H and O–H groups in total. The van der Waals surface area contributed by atoms with Gasteiger partial charge in [-0.3, -0.25) is 9.59 Å². The molecular weight excluding hydrogens is 270 g/mol. The Labute approximate surface area is 125 Å². The van der Waals surface area contributed by atoms with Crippen LogP contribution in [0.3, 0.4) is 0 Å². The van der Waals surface area contributed by atoms with Gasteiger partial charge in [-0.2, -0.15) is 0 Å². The number of rotatable bonds is 9. The normalized spacial score (nSPS) is 11.7. The molecule has 0 aromatic heterocycles. The van der Waals surface area contributed by atoms with Crippen LogP contribution in [0.15, 0.2) is 24.3 Å². The van der Waals surface area contributed by atoms with E-state index >= 15 is 0 Å². The lowest BCUT2D eigenvalue weighted by Gasteiger charge is -2.12. The van der Waals surface area contributed by atoms with Gasteiger partial charge in [-0.1, -0.05) is 19.1 Å². The van der Waals surface area contributed by atoms with Crippen molar-refractivity contribution in [2.45, 2.75) is 33.1 Å². The number of amides is 1. The molecule has 5 nitrogen and oxygen atoms in total. The molecule has 0 heterocycles. The number of nitrogens with one attached hydrogen (secondary N) is 1. The summed E-state index contributed by atoms with van der Waals surface area (Å²) >= 11 is 0. The van der Waals surface area contributed by atoms with Crippen molar-refractivity contribution in [3.8, 4) is 5.75 Å². The first-order valence-corrected chi connectivity index (χ1v) is 7.26. The maximum Gasteiger partial charge on any atom is 0.303 e. The monoisotopic (exact) mass is 293 g/mol. The summed E-state index contributed by atoms with van der Waals surface area (Å²) in [6.45, 7) is 4.90. The molecule has 0 saturated heterocycles. The Hall–Kier alpha value is -2.04. The number of hydrogen-bond donors (Lipinski definition) is 2. The van der Waals surface area contributed by atoms with E-state index in [-0.39, 0.29) is 18.2 Å². The zero-order valence-corrected chi connectivity index (χ0v) is 12.6. The SMILES string of the molecule is CCOc1ccccc1C(=O)NCCC(C)CCC(=O)O. The molecular formula is C16H23NO4. The van der Waals surface area contributed by atoms with Crippen LogP contribution >= 0.6 is 0 Å². The highest BCUT2D eigenvalue weighted by Gasteiger charge is 2.12. The zero-order chi connectivity index (χ0) is 15.7. The van der Waals surface area contributed by atoms with Gasteiger partial charge in [-0.15, -0.1) is 0 Å². The maximum absolute atomic E-state index is 12.1. The Bertz CT molecular complexity index is 473. The van der Waals surface area contributed by atoms with Gasteiger partial charge in [0.05, 0.1) is 12.2 Å². The molecule has 1 amide bonds. The molecule has 1 aromatic carbocycles. The molecule has 1 aromatic rings. The molecule has 21 heavy (non-hydrogen) atoms. The fraction of sp³-hybridized carbons (Fsp3) is 0.500. The van der Waals surface area contributed by atoms with Crippen LogP contribution in [-0.4, -0.2) is 30.1 Å². The van der Waals surface area contributed by atoms with Gasteiger partial charge in [0.2, 0.25) is 0 Å². The number of hydrogen-bond acceptors (Lipinski definition) is 3. The molecule has 5 heteroatoms. The first-order valence-electron chi connectivity index (χ1n) is 7.26. The highest BCUT2D eigenvalue weighted by atomic mass is 16.5. The van der Waals surface area contributed by atoms with E-state index in [1.165, 1.54) is 0 Å². The van der Waals surface area contributed by atoms with Crippen LogP contribution in [0.4, 0.5) is 0 Å². The summed E-state index contributed by atoms with van der Waals surface area (Å²) in [5.41, 5.74) is 0.525. The minimum atomic E-state index is -0.781. The number of carboxylic acid groups (broad SMARTS) is 1. The largest absolute Gasteiger partial charge is 0.493 e. The highest BCUT2D eigenvalue weighted by molar-refractivity contribution is 5.96. The molecule has 0 saturated carbocycles.